The van der Waals surface area contributed by atoms with E-state index >= 15 is 0 Å². The first-order chi connectivity index (χ1) is 10.5. The minimum Gasteiger partial charge on any atom is -0.394 e. The molecule has 0 fully saturated rings. The van der Waals surface area contributed by atoms with Gasteiger partial charge in [0.15, 0.2) is 5.82 Å². The van der Waals surface area contributed by atoms with Crippen LogP contribution in [0.5, 0.6) is 0 Å². The molecule has 0 amide bonds. The van der Waals surface area contributed by atoms with E-state index in [-0.39, 0.29) is 17.5 Å². The van der Waals surface area contributed by atoms with Crippen LogP contribution in [0.4, 0.5) is 17.5 Å². The van der Waals surface area contributed by atoms with Crippen LogP contribution in [0, 0.1) is 0 Å². The summed E-state index contributed by atoms with van der Waals surface area (Å²) in [5.41, 5.74) is 12.4. The number of anilines is 3. The topological polar surface area (TPSA) is 123 Å². The Hall–Kier alpha value is -3.09. The van der Waals surface area contributed by atoms with Crippen LogP contribution >= 0.6 is 0 Å². The Morgan fingerprint density at radius 1 is 1.27 bits per heavy atom. The molecule has 1 aromatic carbocycles. The Labute approximate surface area is 126 Å². The molecule has 1 atom stereocenters. The van der Waals surface area contributed by atoms with Gasteiger partial charge in [-0.25, -0.2) is 4.98 Å². The minimum absolute atomic E-state index is 0.128. The number of aromatic nitrogens is 3. The van der Waals surface area contributed by atoms with Crippen molar-refractivity contribution in [2.24, 2.45) is 0 Å². The zero-order chi connectivity index (χ0) is 15.7. The van der Waals surface area contributed by atoms with E-state index in [1.54, 1.807) is 6.07 Å². The Morgan fingerprint density at radius 2 is 2.05 bits per heavy atom. The quantitative estimate of drug-likeness (QED) is 0.583. The van der Waals surface area contributed by atoms with Crippen molar-refractivity contribution in [3.8, 4) is 0 Å². The van der Waals surface area contributed by atoms with Crippen molar-refractivity contribution in [1.29, 1.82) is 0 Å². The maximum Gasteiger partial charge on any atom is 0.256 e. The van der Waals surface area contributed by atoms with Gasteiger partial charge in [-0.15, -0.1) is 0 Å². The van der Waals surface area contributed by atoms with Gasteiger partial charge in [0.25, 0.3) is 5.56 Å². The molecule has 0 saturated heterocycles. The van der Waals surface area contributed by atoms with Crippen LogP contribution in [0.1, 0.15) is 18.7 Å². The lowest BCUT2D eigenvalue weighted by molar-refractivity contribution is 0.829. The summed E-state index contributed by atoms with van der Waals surface area (Å²) in [6, 6.07) is 9.15. The van der Waals surface area contributed by atoms with E-state index in [0.717, 1.165) is 11.1 Å². The van der Waals surface area contributed by atoms with Gasteiger partial charge in [-0.05, 0) is 24.4 Å². The third kappa shape index (κ3) is 2.56. The molecule has 7 heteroatoms. The number of nitrogens with one attached hydrogen (secondary N) is 2. The summed E-state index contributed by atoms with van der Waals surface area (Å²) in [7, 11) is 0. The van der Waals surface area contributed by atoms with Crippen molar-refractivity contribution in [2.75, 3.05) is 16.8 Å². The maximum atomic E-state index is 12.1. The number of fused-ring (bicyclic) bond motifs is 1. The predicted octanol–water partition coefficient (Wildman–Crippen LogP) is 1.66. The van der Waals surface area contributed by atoms with Crippen molar-refractivity contribution < 1.29 is 0 Å². The highest BCUT2D eigenvalue weighted by molar-refractivity contribution is 5.81. The smallest absolute Gasteiger partial charge is 0.256 e. The summed E-state index contributed by atoms with van der Waals surface area (Å²) in [5.74, 6) is 0.574. The minimum atomic E-state index is -0.200. The number of aromatic amines is 1. The first-order valence-electron chi connectivity index (χ1n) is 6.81. The zero-order valence-corrected chi connectivity index (χ0v) is 12.0. The molecular weight excluding hydrogens is 280 g/mol. The van der Waals surface area contributed by atoms with Gasteiger partial charge in [0.05, 0.1) is 17.9 Å². The third-order valence-corrected chi connectivity index (χ3v) is 3.43. The highest BCUT2D eigenvalue weighted by atomic mass is 16.1. The Bertz CT molecular complexity index is 889. The van der Waals surface area contributed by atoms with Crippen molar-refractivity contribution in [1.82, 2.24) is 15.0 Å². The molecule has 2 aromatic heterocycles. The summed E-state index contributed by atoms with van der Waals surface area (Å²) in [4.78, 5) is 22.9. The highest BCUT2D eigenvalue weighted by Crippen LogP contribution is 2.22. The van der Waals surface area contributed by atoms with E-state index in [2.05, 4.69) is 20.3 Å². The Kier molecular flexibility index (Phi) is 3.38. The number of benzene rings is 1. The number of pyridine rings is 1. The van der Waals surface area contributed by atoms with Crippen LogP contribution in [0.15, 0.2) is 41.3 Å². The zero-order valence-electron chi connectivity index (χ0n) is 12.0. The summed E-state index contributed by atoms with van der Waals surface area (Å²) in [6.45, 7) is 1.90. The fourth-order valence-corrected chi connectivity index (χ4v) is 2.27. The number of nitrogens with two attached hydrogens (primary N) is 2. The number of nitrogen functional groups attached to an aromatic ring is 2. The van der Waals surface area contributed by atoms with Gasteiger partial charge >= 0.3 is 0 Å². The normalized spacial score (nSPS) is 12.2. The maximum absolute atomic E-state index is 12.1. The van der Waals surface area contributed by atoms with E-state index < -0.39 is 0 Å². The van der Waals surface area contributed by atoms with Crippen LogP contribution in [-0.2, 0) is 0 Å². The molecule has 3 aromatic rings. The van der Waals surface area contributed by atoms with E-state index in [1.807, 2.05) is 31.2 Å². The van der Waals surface area contributed by atoms with Gasteiger partial charge in [-0.2, -0.15) is 4.98 Å². The highest BCUT2D eigenvalue weighted by Gasteiger charge is 2.11. The molecule has 112 valence electrons. The first-order valence-corrected chi connectivity index (χ1v) is 6.81. The molecule has 0 radical (unpaired) electrons. The second kappa shape index (κ2) is 5.36. The molecule has 0 saturated carbocycles. The fraction of sp³-hybridized carbons (Fsp3) is 0.133. The molecule has 6 N–H and O–H groups in total. The summed E-state index contributed by atoms with van der Waals surface area (Å²) in [5, 5.41) is 4.67. The van der Waals surface area contributed by atoms with Crippen LogP contribution in [0.2, 0.25) is 0 Å². The van der Waals surface area contributed by atoms with Crippen molar-refractivity contribution >= 4 is 28.2 Å². The number of hydrogen-bond donors (Lipinski definition) is 4. The van der Waals surface area contributed by atoms with Crippen LogP contribution < -0.4 is 22.3 Å². The molecule has 0 unspecified atom stereocenters. The summed E-state index contributed by atoms with van der Waals surface area (Å²) < 4.78 is 0. The van der Waals surface area contributed by atoms with Gasteiger partial charge in [-0.1, -0.05) is 18.2 Å². The molecule has 7 nitrogen and oxygen atoms in total. The number of hydrogen-bond acceptors (Lipinski definition) is 6. The molecule has 3 rings (SSSR count). The van der Waals surface area contributed by atoms with E-state index in [0.29, 0.717) is 16.9 Å². The Balaban J connectivity index is 1.97. The van der Waals surface area contributed by atoms with E-state index in [9.17, 15) is 4.79 Å². The number of rotatable bonds is 3. The predicted molar refractivity (Wildman–Crippen MR) is 87.5 cm³/mol. The average molecular weight is 296 g/mol. The Morgan fingerprint density at radius 3 is 2.86 bits per heavy atom. The van der Waals surface area contributed by atoms with E-state index in [1.165, 1.54) is 6.20 Å². The molecular formula is C15H16N6O. The molecule has 2 heterocycles. The lowest BCUT2D eigenvalue weighted by Crippen LogP contribution is -2.17. The molecule has 0 spiro atoms. The average Bonchev–Trinajstić information content (AvgIpc) is 2.51. The molecule has 0 aliphatic heterocycles. The van der Waals surface area contributed by atoms with Gasteiger partial charge in [0.2, 0.25) is 5.95 Å². The van der Waals surface area contributed by atoms with Crippen LogP contribution in [-0.4, -0.2) is 15.0 Å². The van der Waals surface area contributed by atoms with Crippen molar-refractivity contribution in [3.05, 3.63) is 52.6 Å². The van der Waals surface area contributed by atoms with Crippen LogP contribution in [0.25, 0.3) is 10.8 Å². The van der Waals surface area contributed by atoms with Crippen molar-refractivity contribution in [2.45, 2.75) is 13.0 Å². The second-order valence-electron chi connectivity index (χ2n) is 5.04. The molecule has 0 bridgehead atoms. The number of H-pyrrole nitrogens is 1. The molecule has 0 aliphatic rings. The van der Waals surface area contributed by atoms with Crippen molar-refractivity contribution in [3.63, 3.8) is 0 Å². The SMILES string of the molecule is C[C@H](Nc1nc(N)ncc1N)c1cc2ccccc2c(=O)[nH]1. The fourth-order valence-electron chi connectivity index (χ4n) is 2.27. The second-order valence-corrected chi connectivity index (χ2v) is 5.04. The summed E-state index contributed by atoms with van der Waals surface area (Å²) >= 11 is 0. The summed E-state index contributed by atoms with van der Waals surface area (Å²) in [6.07, 6.45) is 1.44. The third-order valence-electron chi connectivity index (χ3n) is 3.43. The monoisotopic (exact) mass is 296 g/mol. The first kappa shape index (κ1) is 13.9. The standard InChI is InChI=1S/C15H16N6O/c1-8(19-13-11(16)7-18-15(17)21-13)12-6-9-4-2-3-5-10(9)14(22)20-12/h2-8H,16H2,1H3,(H,20,22)(H3,17,18,19,21)/t8-/m0/s1. The van der Waals surface area contributed by atoms with Gasteiger partial charge < -0.3 is 21.8 Å². The lowest BCUT2D eigenvalue weighted by Gasteiger charge is -2.16. The van der Waals surface area contributed by atoms with E-state index in [4.69, 9.17) is 11.5 Å². The van der Waals surface area contributed by atoms with Gasteiger partial charge in [0.1, 0.15) is 0 Å². The van der Waals surface area contributed by atoms with Gasteiger partial charge in [0, 0.05) is 11.1 Å². The van der Waals surface area contributed by atoms with Gasteiger partial charge in [-0.3, -0.25) is 4.79 Å². The largest absolute Gasteiger partial charge is 0.394 e. The molecule has 22 heavy (non-hydrogen) atoms. The lowest BCUT2D eigenvalue weighted by atomic mass is 10.1. The molecule has 0 aliphatic carbocycles. The van der Waals surface area contributed by atoms with Crippen LogP contribution in [0.3, 0.4) is 0 Å². The number of nitrogens with zero attached hydrogens (tertiary/aromatic N) is 2.